The number of nitrogens with zero attached hydrogens (tertiary/aromatic N) is 10. The van der Waals surface area contributed by atoms with Crippen LogP contribution in [0.5, 0.6) is 0 Å². The van der Waals surface area contributed by atoms with Gasteiger partial charge in [-0.25, -0.2) is 9.97 Å². The van der Waals surface area contributed by atoms with Gasteiger partial charge in [0.25, 0.3) is 0 Å². The van der Waals surface area contributed by atoms with Crippen LogP contribution in [0.2, 0.25) is 0 Å². The summed E-state index contributed by atoms with van der Waals surface area (Å²) in [5.74, 6) is 3.64. The highest BCUT2D eigenvalue weighted by Gasteiger charge is 2.28. The summed E-state index contributed by atoms with van der Waals surface area (Å²) in [7, 11) is 0. The maximum atomic E-state index is 6.62. The molecule has 0 aliphatic heterocycles. The Morgan fingerprint density at radius 3 is 1.02 bits per heavy atom. The second-order valence-electron chi connectivity index (χ2n) is 35.1. The third-order valence-corrected chi connectivity index (χ3v) is 29.0. The largest absolute Gasteiger partial charge is 0.454 e. The molecule has 8 aromatic heterocycles. The zero-order chi connectivity index (χ0) is 87.5. The molecule has 8 heterocycles. The van der Waals surface area contributed by atoms with Crippen molar-refractivity contribution in [2.75, 3.05) is 0 Å². The van der Waals surface area contributed by atoms with Crippen LogP contribution in [0.25, 0.3) is 285 Å². The molecule has 0 spiro atoms. The number of aromatic nitrogens is 10. The third kappa shape index (κ3) is 11.3. The highest BCUT2D eigenvalue weighted by Crippen LogP contribution is 2.50. The van der Waals surface area contributed by atoms with Crippen molar-refractivity contribution in [3.05, 3.63) is 425 Å². The molecule has 22 aromatic carbocycles. The Hall–Kier alpha value is -17.8. The first-order chi connectivity index (χ1) is 66.4. The molecule has 30 rings (SSSR count). The molecule has 620 valence electrons. The van der Waals surface area contributed by atoms with Crippen molar-refractivity contribution in [3.63, 3.8) is 0 Å². The summed E-state index contributed by atoms with van der Waals surface area (Å²) in [6.45, 7) is 0. The van der Waals surface area contributed by atoms with Gasteiger partial charge in [-0.05, 0) is 196 Å². The topological polar surface area (TPSA) is 110 Å². The van der Waals surface area contributed by atoms with Crippen molar-refractivity contribution in [1.29, 1.82) is 0 Å². The molecule has 0 saturated carbocycles. The Balaban J connectivity index is 0.000000131. The van der Waals surface area contributed by atoms with Crippen molar-refractivity contribution in [2.45, 2.75) is 0 Å². The summed E-state index contributed by atoms with van der Waals surface area (Å²) in [4.78, 5) is 31.6. The molecule has 0 fully saturated rings. The van der Waals surface area contributed by atoms with Gasteiger partial charge < -0.3 is 13.6 Å². The average molecular weight is 1720 g/mol. The Morgan fingerprint density at radius 1 is 0.194 bits per heavy atom. The van der Waals surface area contributed by atoms with Crippen molar-refractivity contribution in [1.82, 2.24) is 48.2 Å². The van der Waals surface area contributed by atoms with E-state index in [1.165, 1.54) is 113 Å². The molecule has 0 radical (unpaired) electrons. The zero-order valence-electron chi connectivity index (χ0n) is 71.7. The van der Waals surface area contributed by atoms with Crippen molar-refractivity contribution in [2.24, 2.45) is 0 Å². The summed E-state index contributed by atoms with van der Waals surface area (Å²) < 4.78 is 18.5. The predicted molar refractivity (Wildman–Crippen MR) is 557 cm³/mol. The van der Waals surface area contributed by atoms with E-state index in [9.17, 15) is 0 Å². The minimum Gasteiger partial charge on any atom is -0.454 e. The van der Waals surface area contributed by atoms with Crippen LogP contribution in [0.1, 0.15) is 0 Å². The number of benzene rings is 22. The van der Waals surface area contributed by atoms with Crippen molar-refractivity contribution in [3.8, 4) is 91.1 Å². The normalized spacial score (nSPS) is 12.2. The van der Waals surface area contributed by atoms with Crippen LogP contribution >= 0.6 is 11.3 Å². The molecular formula is C122H70N10OS. The monoisotopic (exact) mass is 1720 g/mol. The number of rotatable bonds is 10. The molecular weight excluding hydrogens is 1650 g/mol. The third-order valence-electron chi connectivity index (χ3n) is 27.8. The van der Waals surface area contributed by atoms with Gasteiger partial charge in [-0.3, -0.25) is 9.13 Å². The van der Waals surface area contributed by atoms with E-state index in [1.54, 1.807) is 0 Å². The lowest BCUT2D eigenvalue weighted by molar-refractivity contribution is 0.666. The van der Waals surface area contributed by atoms with Crippen LogP contribution in [0.3, 0.4) is 0 Å². The smallest absolute Gasteiger partial charge is 0.238 e. The molecule has 0 saturated heterocycles. The lowest BCUT2D eigenvalue weighted by atomic mass is 9.94. The van der Waals surface area contributed by atoms with Crippen LogP contribution < -0.4 is 0 Å². The molecule has 0 N–H and O–H groups in total. The summed E-state index contributed by atoms with van der Waals surface area (Å²) >= 11 is 1.88. The van der Waals surface area contributed by atoms with Crippen LogP contribution in [0.4, 0.5) is 0 Å². The average Bonchev–Trinajstić information content (AvgIpc) is 1.55. The lowest BCUT2D eigenvalue weighted by Crippen LogP contribution is -2.06. The zero-order valence-corrected chi connectivity index (χ0v) is 72.5. The molecule has 134 heavy (non-hydrogen) atoms. The number of fused-ring (bicyclic) bond motifs is 16. The van der Waals surface area contributed by atoms with Gasteiger partial charge in [-0.15, -0.1) is 11.3 Å². The van der Waals surface area contributed by atoms with E-state index in [0.717, 1.165) is 137 Å². The van der Waals surface area contributed by atoms with Gasteiger partial charge in [0, 0.05) is 91.6 Å². The summed E-state index contributed by atoms with van der Waals surface area (Å²) in [6, 6.07) is 152. The molecule has 0 aliphatic rings. The SMILES string of the molecule is c1ccc2cc(-c3nc(-c4ccc5ccccc5c4)nc(-n4c5ccccc5c5cc(-c6ccc7c8c6ccc6cccc(c68)n7-c6cccc7c6oc6ccccc67)ccc54)n3)ccc2c1.c1ccc2cc(-c3nc(-c4ccc5ccccc5c4)nc(-n4c5ccccc5c5cc(-c6ccc7c8c6ccc6cccc(c68)n7-c6cccc7c6sc6ccccc67)ccc54)n3)ccc2c1. The van der Waals surface area contributed by atoms with Crippen molar-refractivity contribution < 1.29 is 4.42 Å². The molecule has 0 bridgehead atoms. The highest BCUT2D eigenvalue weighted by atomic mass is 32.1. The summed E-state index contributed by atoms with van der Waals surface area (Å²) in [6.07, 6.45) is 0. The van der Waals surface area contributed by atoms with Crippen molar-refractivity contribution >= 4 is 205 Å². The first-order valence-corrected chi connectivity index (χ1v) is 46.2. The van der Waals surface area contributed by atoms with Crippen LogP contribution in [-0.4, -0.2) is 48.2 Å². The van der Waals surface area contributed by atoms with Crippen LogP contribution in [0.15, 0.2) is 429 Å². The molecule has 12 heteroatoms. The molecule has 11 nitrogen and oxygen atoms in total. The van der Waals surface area contributed by atoms with E-state index in [-0.39, 0.29) is 0 Å². The van der Waals surface area contributed by atoms with Gasteiger partial charge in [0.15, 0.2) is 28.9 Å². The molecule has 0 aliphatic carbocycles. The van der Waals surface area contributed by atoms with E-state index in [1.807, 2.05) is 17.4 Å². The first-order valence-electron chi connectivity index (χ1n) is 45.3. The van der Waals surface area contributed by atoms with Gasteiger partial charge >= 0.3 is 0 Å². The lowest BCUT2D eigenvalue weighted by Gasteiger charge is -2.12. The van der Waals surface area contributed by atoms with E-state index >= 15 is 0 Å². The molecule has 0 atom stereocenters. The number of para-hydroxylation sites is 4. The van der Waals surface area contributed by atoms with E-state index < -0.39 is 0 Å². The summed E-state index contributed by atoms with van der Waals surface area (Å²) in [5.41, 5.74) is 21.3. The standard InChI is InChI=1S/C61H35N5O.C61H35N5S/c2*1-3-13-39-33-42(25-23-36(39)11-1)59-62-60(43-26-24-37-12-2-4-14-40(37)34-43)64-61(63-59)66-50-19-7-5-16-45(50)49-35-41(28-31-51(49)66)44-30-32-53-57-47(44)29-27-38-15-9-20-52(56(38)57)65(53)54-21-10-18-48-46-17-6-8-22-55(46)67-58(48)54/h2*1-35H. The minimum absolute atomic E-state index is 0.569. The van der Waals surface area contributed by atoms with Crippen LogP contribution in [0, 0.1) is 0 Å². The molecule has 30 aromatic rings. The fraction of sp³-hybridized carbons (Fsp3) is 0. The highest BCUT2D eigenvalue weighted by molar-refractivity contribution is 7.26. The van der Waals surface area contributed by atoms with Gasteiger partial charge in [0.1, 0.15) is 5.58 Å². The number of thiophene rings is 1. The van der Waals surface area contributed by atoms with Gasteiger partial charge in [-0.2, -0.15) is 19.9 Å². The Bertz CT molecular complexity index is 9460. The number of hydrogen-bond donors (Lipinski definition) is 0. The molecule has 0 amide bonds. The Labute approximate surface area is 768 Å². The maximum absolute atomic E-state index is 6.62. The van der Waals surface area contributed by atoms with E-state index in [4.69, 9.17) is 34.3 Å². The van der Waals surface area contributed by atoms with Gasteiger partial charge in [0.05, 0.1) is 60.2 Å². The second-order valence-corrected chi connectivity index (χ2v) is 36.2. The van der Waals surface area contributed by atoms with Crippen LogP contribution in [-0.2, 0) is 0 Å². The number of hydrogen-bond acceptors (Lipinski definition) is 8. The Kier molecular flexibility index (Phi) is 15.9. The van der Waals surface area contributed by atoms with Gasteiger partial charge in [-0.1, -0.05) is 315 Å². The van der Waals surface area contributed by atoms with E-state index in [2.05, 4.69) is 437 Å². The fourth-order valence-electron chi connectivity index (χ4n) is 21.7. The fourth-order valence-corrected chi connectivity index (χ4v) is 22.9. The van der Waals surface area contributed by atoms with E-state index in [0.29, 0.717) is 35.2 Å². The second kappa shape index (κ2) is 28.8. The summed E-state index contributed by atoms with van der Waals surface area (Å²) in [5, 5.41) is 28.6. The first kappa shape index (κ1) is 74.1. The number of furan rings is 1. The van der Waals surface area contributed by atoms with Gasteiger partial charge in [0.2, 0.25) is 11.9 Å². The quantitative estimate of drug-likeness (QED) is 0.125. The maximum Gasteiger partial charge on any atom is 0.238 e. The minimum atomic E-state index is 0.569. The predicted octanol–water partition coefficient (Wildman–Crippen LogP) is 32.2. The molecule has 0 unspecified atom stereocenters. The Morgan fingerprint density at radius 2 is 0.537 bits per heavy atom.